The van der Waals surface area contributed by atoms with Gasteiger partial charge in [-0.25, -0.2) is 4.79 Å². The number of carbonyl (C=O) groups excluding carboxylic acids is 1. The molecule has 1 saturated carbocycles. The standard InChI is InChI=1S/C12H23NO3/c1-10(2,3)16-9(14)13-8-7-12(6,15)11(8,4)5/h8,15H,7H2,1-6H3,(H,13,14)/t8-,12+/m0/s1. The van der Waals surface area contributed by atoms with E-state index in [-0.39, 0.29) is 11.5 Å². The van der Waals surface area contributed by atoms with E-state index in [1.165, 1.54) is 0 Å². The van der Waals surface area contributed by atoms with Crippen LogP contribution in [0.3, 0.4) is 0 Å². The second-order valence-electron chi connectivity index (χ2n) is 6.40. The fourth-order valence-corrected chi connectivity index (χ4v) is 1.84. The molecule has 0 spiro atoms. The lowest BCUT2D eigenvalue weighted by Gasteiger charge is -2.56. The molecule has 4 heteroatoms. The van der Waals surface area contributed by atoms with E-state index in [2.05, 4.69) is 5.32 Å². The first-order valence-corrected chi connectivity index (χ1v) is 5.68. The number of ether oxygens (including phenoxy) is 1. The average Bonchev–Trinajstić information content (AvgIpc) is 1.98. The van der Waals surface area contributed by atoms with E-state index in [9.17, 15) is 9.90 Å². The zero-order valence-corrected chi connectivity index (χ0v) is 11.0. The van der Waals surface area contributed by atoms with E-state index >= 15 is 0 Å². The van der Waals surface area contributed by atoms with Crippen molar-refractivity contribution in [2.75, 3.05) is 0 Å². The van der Waals surface area contributed by atoms with Crippen molar-refractivity contribution in [1.82, 2.24) is 5.32 Å². The molecule has 1 amide bonds. The van der Waals surface area contributed by atoms with Crippen LogP contribution in [0.1, 0.15) is 48.0 Å². The van der Waals surface area contributed by atoms with Gasteiger partial charge in [-0.1, -0.05) is 13.8 Å². The van der Waals surface area contributed by atoms with E-state index in [4.69, 9.17) is 4.74 Å². The van der Waals surface area contributed by atoms with Crippen LogP contribution in [0, 0.1) is 5.41 Å². The number of alkyl carbamates (subject to hydrolysis) is 1. The summed E-state index contributed by atoms with van der Waals surface area (Å²) in [5.74, 6) is 0. The van der Waals surface area contributed by atoms with Gasteiger partial charge in [0.1, 0.15) is 5.60 Å². The van der Waals surface area contributed by atoms with Gasteiger partial charge < -0.3 is 15.2 Å². The molecule has 0 aliphatic heterocycles. The number of hydrogen-bond acceptors (Lipinski definition) is 3. The molecule has 0 heterocycles. The van der Waals surface area contributed by atoms with E-state index < -0.39 is 17.3 Å². The van der Waals surface area contributed by atoms with E-state index in [0.717, 1.165) is 0 Å². The third kappa shape index (κ3) is 2.48. The Morgan fingerprint density at radius 2 is 1.88 bits per heavy atom. The Morgan fingerprint density at radius 3 is 2.19 bits per heavy atom. The largest absolute Gasteiger partial charge is 0.444 e. The molecule has 0 unspecified atom stereocenters. The minimum atomic E-state index is -0.716. The molecule has 0 aromatic heterocycles. The van der Waals surface area contributed by atoms with Gasteiger partial charge in [-0.05, 0) is 34.1 Å². The van der Waals surface area contributed by atoms with Crippen LogP contribution in [0.2, 0.25) is 0 Å². The third-order valence-electron chi connectivity index (χ3n) is 3.55. The molecule has 1 aliphatic carbocycles. The number of nitrogens with one attached hydrogen (secondary N) is 1. The highest BCUT2D eigenvalue weighted by Gasteiger charge is 2.57. The van der Waals surface area contributed by atoms with E-state index in [0.29, 0.717) is 6.42 Å². The Hall–Kier alpha value is -0.770. The maximum atomic E-state index is 11.5. The summed E-state index contributed by atoms with van der Waals surface area (Å²) < 4.78 is 5.17. The summed E-state index contributed by atoms with van der Waals surface area (Å²) in [5, 5.41) is 12.8. The number of amides is 1. The van der Waals surface area contributed by atoms with Crippen molar-refractivity contribution >= 4 is 6.09 Å². The average molecular weight is 229 g/mol. The maximum absolute atomic E-state index is 11.5. The van der Waals surface area contributed by atoms with Crippen LogP contribution in [0.15, 0.2) is 0 Å². The van der Waals surface area contributed by atoms with Crippen LogP contribution in [0.4, 0.5) is 4.79 Å². The van der Waals surface area contributed by atoms with Crippen LogP contribution >= 0.6 is 0 Å². The molecule has 0 saturated heterocycles. The van der Waals surface area contributed by atoms with Crippen molar-refractivity contribution < 1.29 is 14.6 Å². The van der Waals surface area contributed by atoms with Crippen molar-refractivity contribution in [2.45, 2.75) is 65.2 Å². The van der Waals surface area contributed by atoms with Crippen LogP contribution in [-0.4, -0.2) is 28.4 Å². The summed E-state index contributed by atoms with van der Waals surface area (Å²) in [7, 11) is 0. The number of rotatable bonds is 1. The Bertz CT molecular complexity index is 289. The highest BCUT2D eigenvalue weighted by Crippen LogP contribution is 2.49. The monoisotopic (exact) mass is 229 g/mol. The Morgan fingerprint density at radius 1 is 1.38 bits per heavy atom. The molecule has 0 radical (unpaired) electrons. The van der Waals surface area contributed by atoms with Crippen LogP contribution in [-0.2, 0) is 4.74 Å². The second kappa shape index (κ2) is 3.62. The van der Waals surface area contributed by atoms with Crippen molar-refractivity contribution in [3.05, 3.63) is 0 Å². The molecule has 2 atom stereocenters. The first kappa shape index (κ1) is 13.3. The molecule has 94 valence electrons. The SMILES string of the molecule is CC(C)(C)OC(=O)N[C@H]1C[C@@](C)(O)C1(C)C. The molecular formula is C12H23NO3. The third-order valence-corrected chi connectivity index (χ3v) is 3.55. The lowest BCUT2D eigenvalue weighted by Crippen LogP contribution is -2.68. The van der Waals surface area contributed by atoms with Gasteiger partial charge in [-0.15, -0.1) is 0 Å². The zero-order valence-electron chi connectivity index (χ0n) is 11.0. The fourth-order valence-electron chi connectivity index (χ4n) is 1.84. The van der Waals surface area contributed by atoms with E-state index in [1.54, 1.807) is 6.92 Å². The van der Waals surface area contributed by atoms with Gasteiger partial charge >= 0.3 is 6.09 Å². The van der Waals surface area contributed by atoms with Gasteiger partial charge in [-0.2, -0.15) is 0 Å². The molecule has 0 aromatic carbocycles. The van der Waals surface area contributed by atoms with Gasteiger partial charge in [0.15, 0.2) is 0 Å². The number of aliphatic hydroxyl groups is 1. The minimum absolute atomic E-state index is 0.0302. The van der Waals surface area contributed by atoms with Gasteiger partial charge in [0.25, 0.3) is 0 Å². The normalized spacial score (nSPS) is 32.8. The summed E-state index contributed by atoms with van der Waals surface area (Å²) in [4.78, 5) is 11.5. The van der Waals surface area contributed by atoms with Gasteiger partial charge in [0, 0.05) is 11.5 Å². The molecule has 16 heavy (non-hydrogen) atoms. The summed E-state index contributed by atoms with van der Waals surface area (Å²) >= 11 is 0. The lowest BCUT2D eigenvalue weighted by atomic mass is 9.56. The highest BCUT2D eigenvalue weighted by molar-refractivity contribution is 5.68. The first-order chi connectivity index (χ1) is 6.96. The highest BCUT2D eigenvalue weighted by atomic mass is 16.6. The van der Waals surface area contributed by atoms with Crippen LogP contribution < -0.4 is 5.32 Å². The molecular weight excluding hydrogens is 206 g/mol. The molecule has 0 bridgehead atoms. The number of hydrogen-bond donors (Lipinski definition) is 2. The van der Waals surface area contributed by atoms with Crippen molar-refractivity contribution in [3.63, 3.8) is 0 Å². The maximum Gasteiger partial charge on any atom is 0.407 e. The van der Waals surface area contributed by atoms with Gasteiger partial charge in [0.2, 0.25) is 0 Å². The number of carbonyl (C=O) groups is 1. The quantitative estimate of drug-likeness (QED) is 0.723. The Balaban J connectivity index is 2.50. The smallest absolute Gasteiger partial charge is 0.407 e. The van der Waals surface area contributed by atoms with Crippen LogP contribution in [0.25, 0.3) is 0 Å². The molecule has 1 aliphatic rings. The zero-order chi connectivity index (χ0) is 12.8. The molecule has 4 nitrogen and oxygen atoms in total. The Labute approximate surface area is 97.4 Å². The van der Waals surface area contributed by atoms with Gasteiger partial charge in [0.05, 0.1) is 5.60 Å². The predicted octanol–water partition coefficient (Wildman–Crippen LogP) is 2.06. The molecule has 1 fully saturated rings. The van der Waals surface area contributed by atoms with Crippen molar-refractivity contribution in [1.29, 1.82) is 0 Å². The van der Waals surface area contributed by atoms with Crippen LogP contribution in [0.5, 0.6) is 0 Å². The molecule has 2 N–H and O–H groups in total. The second-order valence-corrected chi connectivity index (χ2v) is 6.40. The first-order valence-electron chi connectivity index (χ1n) is 5.68. The van der Waals surface area contributed by atoms with Gasteiger partial charge in [-0.3, -0.25) is 0 Å². The summed E-state index contributed by atoms with van der Waals surface area (Å²) in [6, 6.07) is -0.0302. The lowest BCUT2D eigenvalue weighted by molar-refractivity contribution is -0.157. The summed E-state index contributed by atoms with van der Waals surface area (Å²) in [6.07, 6.45) is 0.153. The van der Waals surface area contributed by atoms with Crippen molar-refractivity contribution in [2.24, 2.45) is 5.41 Å². The summed E-state index contributed by atoms with van der Waals surface area (Å²) in [6.45, 7) is 11.2. The van der Waals surface area contributed by atoms with E-state index in [1.807, 2.05) is 34.6 Å². The minimum Gasteiger partial charge on any atom is -0.444 e. The molecule has 0 aromatic rings. The Kier molecular flexibility index (Phi) is 3.01. The summed E-state index contributed by atoms with van der Waals surface area (Å²) in [5.41, 5.74) is -1.52. The van der Waals surface area contributed by atoms with Crippen molar-refractivity contribution in [3.8, 4) is 0 Å². The molecule has 1 rings (SSSR count). The topological polar surface area (TPSA) is 58.6 Å². The predicted molar refractivity (Wildman–Crippen MR) is 62.2 cm³/mol. The fraction of sp³-hybridized carbons (Fsp3) is 0.917.